The lowest BCUT2D eigenvalue weighted by Crippen LogP contribution is -2.04. The topological polar surface area (TPSA) is 76.5 Å². The van der Waals surface area contributed by atoms with Crippen LogP contribution in [-0.4, -0.2) is 36.7 Å². The summed E-state index contributed by atoms with van der Waals surface area (Å²) in [6, 6.07) is 15.7. The Balaban J connectivity index is 1.55. The quantitative estimate of drug-likeness (QED) is 0.418. The summed E-state index contributed by atoms with van der Waals surface area (Å²) < 4.78 is 1.64. The van der Waals surface area contributed by atoms with E-state index in [1.54, 1.807) is 10.9 Å². The molecule has 2 aromatic carbocycles. The minimum atomic E-state index is 0.0529. The average molecular weight is 363 g/mol. The van der Waals surface area contributed by atoms with E-state index in [1.807, 2.05) is 42.5 Å². The highest BCUT2D eigenvalue weighted by atomic mass is 32.2. The molecule has 0 radical (unpaired) electrons. The zero-order valence-corrected chi connectivity index (χ0v) is 15.0. The van der Waals surface area contributed by atoms with E-state index in [0.717, 1.165) is 23.0 Å². The van der Waals surface area contributed by atoms with Crippen LogP contribution in [0.3, 0.4) is 0 Å². The summed E-state index contributed by atoms with van der Waals surface area (Å²) in [6.07, 6.45) is 2.72. The van der Waals surface area contributed by atoms with Crippen molar-refractivity contribution in [3.8, 4) is 5.69 Å². The van der Waals surface area contributed by atoms with Gasteiger partial charge in [-0.25, -0.2) is 0 Å². The second-order valence-electron chi connectivity index (χ2n) is 5.82. The molecule has 7 heteroatoms. The van der Waals surface area contributed by atoms with E-state index in [2.05, 4.69) is 33.5 Å². The molecule has 1 N–H and O–H groups in total. The fourth-order valence-corrected chi connectivity index (χ4v) is 3.72. The van der Waals surface area contributed by atoms with E-state index in [9.17, 15) is 4.79 Å². The molecule has 4 rings (SSSR count). The Kier molecular flexibility index (Phi) is 4.53. The number of aryl methyl sites for hydroxylation is 1. The molecule has 0 fully saturated rings. The van der Waals surface area contributed by atoms with Crippen LogP contribution in [0.15, 0.2) is 59.9 Å². The summed E-state index contributed by atoms with van der Waals surface area (Å²) in [5.74, 6) is 0.327. The van der Waals surface area contributed by atoms with Crippen LogP contribution in [0, 0.1) is 0 Å². The molecule has 4 aromatic rings. The summed E-state index contributed by atoms with van der Waals surface area (Å²) in [5.41, 5.74) is 3.83. The van der Waals surface area contributed by atoms with Crippen molar-refractivity contribution in [2.75, 3.05) is 5.75 Å². The molecular formula is C19H17N5OS. The number of carbonyl (C=O) groups excluding carboxylic acids is 1. The number of Topliss-reactive ketones (excluding diaryl/α,β-unsaturated/α-hetero) is 1. The van der Waals surface area contributed by atoms with Gasteiger partial charge in [0, 0.05) is 22.7 Å². The highest BCUT2D eigenvalue weighted by Gasteiger charge is 2.16. The monoisotopic (exact) mass is 363 g/mol. The first-order chi connectivity index (χ1) is 12.8. The van der Waals surface area contributed by atoms with Gasteiger partial charge in [0.1, 0.15) is 0 Å². The Bertz CT molecular complexity index is 1050. The molecular weight excluding hydrogens is 346 g/mol. The van der Waals surface area contributed by atoms with Crippen molar-refractivity contribution in [1.29, 1.82) is 0 Å². The molecule has 2 heterocycles. The molecule has 0 saturated carbocycles. The number of hydrogen-bond donors (Lipinski definition) is 1. The molecule has 6 nitrogen and oxygen atoms in total. The third-order valence-electron chi connectivity index (χ3n) is 4.26. The summed E-state index contributed by atoms with van der Waals surface area (Å²) in [6.45, 7) is 2.11. The number of tetrazole rings is 1. The Morgan fingerprint density at radius 2 is 2.00 bits per heavy atom. The molecule has 130 valence electrons. The van der Waals surface area contributed by atoms with Crippen molar-refractivity contribution >= 4 is 28.4 Å². The molecule has 0 amide bonds. The zero-order chi connectivity index (χ0) is 17.9. The number of nitrogens with zero attached hydrogens (tertiary/aromatic N) is 4. The van der Waals surface area contributed by atoms with Gasteiger partial charge in [0.2, 0.25) is 5.16 Å². The number of benzene rings is 2. The number of para-hydroxylation sites is 2. The third kappa shape index (κ3) is 3.01. The molecule has 0 atom stereocenters. The van der Waals surface area contributed by atoms with Crippen molar-refractivity contribution in [3.05, 3.63) is 65.9 Å². The molecule has 0 aliphatic rings. The Morgan fingerprint density at radius 1 is 1.15 bits per heavy atom. The normalized spacial score (nSPS) is 11.1. The zero-order valence-electron chi connectivity index (χ0n) is 14.2. The number of nitrogens with one attached hydrogen (secondary N) is 1. The summed E-state index contributed by atoms with van der Waals surface area (Å²) in [5, 5.41) is 13.4. The first-order valence-corrected chi connectivity index (χ1v) is 9.35. The van der Waals surface area contributed by atoms with Gasteiger partial charge in [-0.15, -0.1) is 5.10 Å². The second kappa shape index (κ2) is 7.13. The van der Waals surface area contributed by atoms with Gasteiger partial charge in [-0.3, -0.25) is 4.79 Å². The maximum atomic E-state index is 12.7. The number of aromatic amines is 1. The van der Waals surface area contributed by atoms with Crippen LogP contribution in [0.2, 0.25) is 0 Å². The van der Waals surface area contributed by atoms with Gasteiger partial charge in [-0.05, 0) is 34.5 Å². The van der Waals surface area contributed by atoms with E-state index < -0.39 is 0 Å². The lowest BCUT2D eigenvalue weighted by molar-refractivity contribution is 0.102. The van der Waals surface area contributed by atoms with Crippen molar-refractivity contribution in [1.82, 2.24) is 25.2 Å². The molecule has 0 bridgehead atoms. The SMILES string of the molecule is CCc1cccc2c(C(=O)CSc3nnnn3-c3ccccc3)c[nH]c12. The van der Waals surface area contributed by atoms with Crippen molar-refractivity contribution in [3.63, 3.8) is 0 Å². The Labute approximate surface area is 154 Å². The van der Waals surface area contributed by atoms with E-state index in [0.29, 0.717) is 10.7 Å². The van der Waals surface area contributed by atoms with E-state index in [4.69, 9.17) is 0 Å². The van der Waals surface area contributed by atoms with Crippen molar-refractivity contribution in [2.45, 2.75) is 18.5 Å². The number of aromatic nitrogens is 5. The number of rotatable bonds is 6. The lowest BCUT2D eigenvalue weighted by Gasteiger charge is -2.04. The smallest absolute Gasteiger partial charge is 0.214 e. The summed E-state index contributed by atoms with van der Waals surface area (Å²) >= 11 is 1.34. The third-order valence-corrected chi connectivity index (χ3v) is 5.18. The molecule has 0 aliphatic heterocycles. The van der Waals surface area contributed by atoms with Crippen LogP contribution in [0.5, 0.6) is 0 Å². The van der Waals surface area contributed by atoms with Gasteiger partial charge in [0.05, 0.1) is 11.4 Å². The molecule has 2 aromatic heterocycles. The number of H-pyrrole nitrogens is 1. The molecule has 26 heavy (non-hydrogen) atoms. The predicted octanol–water partition coefficient (Wildman–Crippen LogP) is 3.68. The fraction of sp³-hybridized carbons (Fsp3) is 0.158. The number of carbonyl (C=O) groups is 1. The van der Waals surface area contributed by atoms with Gasteiger partial charge in [-0.2, -0.15) is 4.68 Å². The standard InChI is InChI=1S/C19H17N5OS/c1-2-13-7-6-10-15-16(11-20-18(13)15)17(25)12-26-19-21-22-23-24(19)14-8-4-3-5-9-14/h3-11,20H,2,12H2,1H3. The summed E-state index contributed by atoms with van der Waals surface area (Å²) in [4.78, 5) is 16.0. The van der Waals surface area contributed by atoms with Crippen LogP contribution in [-0.2, 0) is 6.42 Å². The van der Waals surface area contributed by atoms with Crippen molar-refractivity contribution < 1.29 is 4.79 Å². The first-order valence-electron chi connectivity index (χ1n) is 8.36. The Hall–Kier alpha value is -2.93. The first kappa shape index (κ1) is 16.5. The predicted molar refractivity (Wildman–Crippen MR) is 102 cm³/mol. The summed E-state index contributed by atoms with van der Waals surface area (Å²) in [7, 11) is 0. The minimum absolute atomic E-state index is 0.0529. The fourth-order valence-electron chi connectivity index (χ4n) is 2.95. The lowest BCUT2D eigenvalue weighted by atomic mass is 10.1. The Morgan fingerprint density at radius 3 is 2.81 bits per heavy atom. The van der Waals surface area contributed by atoms with Crippen LogP contribution < -0.4 is 0 Å². The molecule has 0 aliphatic carbocycles. The second-order valence-corrected chi connectivity index (χ2v) is 6.76. The highest BCUT2D eigenvalue weighted by molar-refractivity contribution is 7.99. The van der Waals surface area contributed by atoms with Crippen molar-refractivity contribution in [2.24, 2.45) is 0 Å². The van der Waals surface area contributed by atoms with Crippen LogP contribution in [0.25, 0.3) is 16.6 Å². The van der Waals surface area contributed by atoms with Gasteiger partial charge < -0.3 is 4.98 Å². The highest BCUT2D eigenvalue weighted by Crippen LogP contribution is 2.25. The van der Waals surface area contributed by atoms with Gasteiger partial charge >= 0.3 is 0 Å². The van der Waals surface area contributed by atoms with Crippen LogP contribution in [0.1, 0.15) is 22.8 Å². The largest absolute Gasteiger partial charge is 0.360 e. The van der Waals surface area contributed by atoms with Gasteiger partial charge in [-0.1, -0.05) is 55.1 Å². The average Bonchev–Trinajstić information content (AvgIpc) is 3.33. The maximum absolute atomic E-state index is 12.7. The number of thioether (sulfide) groups is 1. The van der Waals surface area contributed by atoms with Gasteiger partial charge in [0.25, 0.3) is 0 Å². The molecule has 0 spiro atoms. The van der Waals surface area contributed by atoms with Crippen LogP contribution in [0.4, 0.5) is 0 Å². The number of hydrogen-bond acceptors (Lipinski definition) is 5. The number of ketones is 1. The van der Waals surface area contributed by atoms with E-state index >= 15 is 0 Å². The minimum Gasteiger partial charge on any atom is -0.360 e. The molecule has 0 unspecified atom stereocenters. The molecule has 0 saturated heterocycles. The van der Waals surface area contributed by atoms with Gasteiger partial charge in [0.15, 0.2) is 5.78 Å². The van der Waals surface area contributed by atoms with Crippen LogP contribution >= 0.6 is 11.8 Å². The number of fused-ring (bicyclic) bond motifs is 1. The van der Waals surface area contributed by atoms with E-state index in [1.165, 1.54) is 17.3 Å². The van der Waals surface area contributed by atoms with E-state index in [-0.39, 0.29) is 11.5 Å². The maximum Gasteiger partial charge on any atom is 0.214 e.